The first-order chi connectivity index (χ1) is 11.7. The van der Waals surface area contributed by atoms with Crippen molar-refractivity contribution in [1.82, 2.24) is 15.5 Å². The van der Waals surface area contributed by atoms with Crippen molar-refractivity contribution in [3.63, 3.8) is 0 Å². The van der Waals surface area contributed by atoms with E-state index in [0.29, 0.717) is 13.2 Å². The fourth-order valence-corrected chi connectivity index (χ4v) is 2.16. The molecule has 0 aliphatic heterocycles. The molecule has 0 bridgehead atoms. The van der Waals surface area contributed by atoms with Crippen molar-refractivity contribution in [1.29, 1.82) is 0 Å². The highest BCUT2D eigenvalue weighted by Gasteiger charge is 2.00. The van der Waals surface area contributed by atoms with Gasteiger partial charge in [-0.3, -0.25) is 4.99 Å². The van der Waals surface area contributed by atoms with Crippen molar-refractivity contribution >= 4 is 5.96 Å². The molecule has 1 rings (SSSR count). The summed E-state index contributed by atoms with van der Waals surface area (Å²) in [5, 5.41) is 6.61. The van der Waals surface area contributed by atoms with Crippen LogP contribution in [0.2, 0.25) is 0 Å². The maximum Gasteiger partial charge on any atom is 0.191 e. The highest BCUT2D eigenvalue weighted by atomic mass is 16.5. The predicted molar refractivity (Wildman–Crippen MR) is 99.3 cm³/mol. The largest absolute Gasteiger partial charge is 0.382 e. The smallest absolute Gasteiger partial charge is 0.191 e. The molecule has 0 atom stereocenters. The number of hydrogen-bond acceptors (Lipinski definition) is 4. The third kappa shape index (κ3) is 9.50. The standard InChI is InChI=1S/C18H32N4O2/c1-19-18(20-10-5-11-24-13-12-23-4)21-14-16-6-8-17(9-7-16)15-22(2)3/h6-9H,5,10-15H2,1-4H3,(H2,19,20,21). The Hall–Kier alpha value is -1.63. The fourth-order valence-electron chi connectivity index (χ4n) is 2.16. The second kappa shape index (κ2) is 12.8. The number of nitrogens with one attached hydrogen (secondary N) is 2. The van der Waals surface area contributed by atoms with Gasteiger partial charge < -0.3 is 25.0 Å². The van der Waals surface area contributed by atoms with Crippen LogP contribution in [0.15, 0.2) is 29.3 Å². The van der Waals surface area contributed by atoms with E-state index >= 15 is 0 Å². The fraction of sp³-hybridized carbons (Fsp3) is 0.611. The molecule has 0 spiro atoms. The van der Waals surface area contributed by atoms with Gasteiger partial charge >= 0.3 is 0 Å². The lowest BCUT2D eigenvalue weighted by Gasteiger charge is -2.13. The monoisotopic (exact) mass is 336 g/mol. The van der Waals surface area contributed by atoms with E-state index in [1.807, 2.05) is 0 Å². The Labute approximate surface area is 146 Å². The molecule has 0 aromatic heterocycles. The summed E-state index contributed by atoms with van der Waals surface area (Å²) in [6.45, 7) is 4.56. The Bertz CT molecular complexity index is 461. The summed E-state index contributed by atoms with van der Waals surface area (Å²) >= 11 is 0. The van der Waals surface area contributed by atoms with Gasteiger partial charge in [0, 0.05) is 40.4 Å². The molecule has 0 heterocycles. The van der Waals surface area contributed by atoms with Gasteiger partial charge in [0.1, 0.15) is 0 Å². The number of guanidine groups is 1. The van der Waals surface area contributed by atoms with Gasteiger partial charge in [0.15, 0.2) is 5.96 Å². The van der Waals surface area contributed by atoms with Gasteiger partial charge in [0.2, 0.25) is 0 Å². The average Bonchev–Trinajstić information content (AvgIpc) is 2.57. The Balaban J connectivity index is 2.21. The first-order valence-corrected chi connectivity index (χ1v) is 8.39. The van der Waals surface area contributed by atoms with Gasteiger partial charge in [-0.2, -0.15) is 0 Å². The summed E-state index contributed by atoms with van der Waals surface area (Å²) < 4.78 is 10.4. The number of methoxy groups -OCH3 is 1. The highest BCUT2D eigenvalue weighted by molar-refractivity contribution is 5.79. The second-order valence-electron chi connectivity index (χ2n) is 5.87. The van der Waals surface area contributed by atoms with Crippen LogP contribution in [0.1, 0.15) is 17.5 Å². The molecule has 0 saturated carbocycles. The van der Waals surface area contributed by atoms with Crippen LogP contribution in [0.3, 0.4) is 0 Å². The Morgan fingerprint density at radius 2 is 1.75 bits per heavy atom. The molecule has 1 aromatic rings. The highest BCUT2D eigenvalue weighted by Crippen LogP contribution is 2.05. The number of ether oxygens (including phenoxy) is 2. The zero-order valence-corrected chi connectivity index (χ0v) is 15.5. The van der Waals surface area contributed by atoms with Crippen molar-refractivity contribution in [2.24, 2.45) is 4.99 Å². The van der Waals surface area contributed by atoms with E-state index in [1.54, 1.807) is 14.2 Å². The van der Waals surface area contributed by atoms with Crippen molar-refractivity contribution in [2.45, 2.75) is 19.5 Å². The summed E-state index contributed by atoms with van der Waals surface area (Å²) in [6.07, 6.45) is 0.934. The van der Waals surface area contributed by atoms with Crippen LogP contribution in [0.25, 0.3) is 0 Å². The topological polar surface area (TPSA) is 58.1 Å². The number of aliphatic imine (C=N–C) groups is 1. The van der Waals surface area contributed by atoms with Gasteiger partial charge in [-0.25, -0.2) is 0 Å². The van der Waals surface area contributed by atoms with Crippen LogP contribution in [0, 0.1) is 0 Å². The Morgan fingerprint density at radius 3 is 2.38 bits per heavy atom. The summed E-state index contributed by atoms with van der Waals surface area (Å²) in [7, 11) is 7.61. The van der Waals surface area contributed by atoms with Crippen LogP contribution in [-0.2, 0) is 22.6 Å². The first kappa shape index (κ1) is 20.4. The molecule has 0 amide bonds. The average molecular weight is 336 g/mol. The minimum Gasteiger partial charge on any atom is -0.382 e. The Morgan fingerprint density at radius 1 is 1.04 bits per heavy atom. The lowest BCUT2D eigenvalue weighted by Crippen LogP contribution is -2.37. The molecule has 0 fully saturated rings. The maximum atomic E-state index is 5.43. The molecule has 136 valence electrons. The molecule has 0 saturated heterocycles. The minimum absolute atomic E-state index is 0.643. The summed E-state index contributed by atoms with van der Waals surface area (Å²) in [5.41, 5.74) is 2.56. The molecular formula is C18H32N4O2. The van der Waals surface area contributed by atoms with Gasteiger partial charge in [-0.15, -0.1) is 0 Å². The van der Waals surface area contributed by atoms with Crippen LogP contribution in [-0.4, -0.2) is 65.5 Å². The molecule has 2 N–H and O–H groups in total. The van der Waals surface area contributed by atoms with Crippen molar-refractivity contribution in [2.75, 3.05) is 54.6 Å². The third-order valence-corrected chi connectivity index (χ3v) is 3.40. The minimum atomic E-state index is 0.643. The van der Waals surface area contributed by atoms with Gasteiger partial charge in [-0.1, -0.05) is 24.3 Å². The number of hydrogen-bond donors (Lipinski definition) is 2. The lowest BCUT2D eigenvalue weighted by atomic mass is 10.1. The zero-order chi connectivity index (χ0) is 17.6. The zero-order valence-electron chi connectivity index (χ0n) is 15.5. The maximum absolute atomic E-state index is 5.43. The van der Waals surface area contributed by atoms with Crippen LogP contribution in [0.5, 0.6) is 0 Å². The van der Waals surface area contributed by atoms with Gasteiger partial charge in [0.25, 0.3) is 0 Å². The molecule has 0 unspecified atom stereocenters. The van der Waals surface area contributed by atoms with Crippen LogP contribution < -0.4 is 10.6 Å². The molecule has 6 heteroatoms. The van der Waals surface area contributed by atoms with E-state index in [9.17, 15) is 0 Å². The normalized spacial score (nSPS) is 11.8. The quantitative estimate of drug-likeness (QED) is 0.364. The van der Waals surface area contributed by atoms with E-state index in [4.69, 9.17) is 9.47 Å². The van der Waals surface area contributed by atoms with Crippen LogP contribution in [0.4, 0.5) is 0 Å². The molecule has 1 aromatic carbocycles. The van der Waals surface area contributed by atoms with E-state index in [0.717, 1.165) is 38.6 Å². The molecule has 0 radical (unpaired) electrons. The molecule has 0 aliphatic carbocycles. The Kier molecular flexibility index (Phi) is 10.8. The number of nitrogens with zero attached hydrogens (tertiary/aromatic N) is 2. The van der Waals surface area contributed by atoms with E-state index in [1.165, 1.54) is 11.1 Å². The summed E-state index contributed by atoms with van der Waals surface area (Å²) in [5.74, 6) is 0.809. The summed E-state index contributed by atoms with van der Waals surface area (Å²) in [4.78, 5) is 6.40. The van der Waals surface area contributed by atoms with Gasteiger partial charge in [-0.05, 0) is 31.6 Å². The SMILES string of the molecule is CN=C(NCCCOCCOC)NCc1ccc(CN(C)C)cc1. The number of benzene rings is 1. The van der Waals surface area contributed by atoms with Crippen molar-refractivity contribution < 1.29 is 9.47 Å². The predicted octanol–water partition coefficient (Wildman–Crippen LogP) is 1.47. The number of rotatable bonds is 11. The molecule has 24 heavy (non-hydrogen) atoms. The van der Waals surface area contributed by atoms with Crippen molar-refractivity contribution in [3.05, 3.63) is 35.4 Å². The van der Waals surface area contributed by atoms with E-state index in [-0.39, 0.29) is 0 Å². The molecular weight excluding hydrogens is 304 g/mol. The van der Waals surface area contributed by atoms with E-state index < -0.39 is 0 Å². The van der Waals surface area contributed by atoms with Crippen LogP contribution >= 0.6 is 0 Å². The second-order valence-corrected chi connectivity index (χ2v) is 5.87. The third-order valence-electron chi connectivity index (χ3n) is 3.40. The molecule has 0 aliphatic rings. The van der Waals surface area contributed by atoms with Gasteiger partial charge in [0.05, 0.1) is 13.2 Å². The first-order valence-electron chi connectivity index (χ1n) is 8.39. The lowest BCUT2D eigenvalue weighted by molar-refractivity contribution is 0.0698. The van der Waals surface area contributed by atoms with Crippen molar-refractivity contribution in [3.8, 4) is 0 Å². The molecule has 6 nitrogen and oxygen atoms in total. The summed E-state index contributed by atoms with van der Waals surface area (Å²) in [6, 6.07) is 8.65. The van der Waals surface area contributed by atoms with E-state index in [2.05, 4.69) is 58.9 Å².